The average Bonchev–Trinajstić information content (AvgIpc) is 2.70. The van der Waals surface area contributed by atoms with Crippen LogP contribution < -0.4 is 26.4 Å². The molecule has 0 aliphatic carbocycles. The highest BCUT2D eigenvalue weighted by atomic mass is 16.6. The number of ether oxygens (including phenoxy) is 2. The van der Waals surface area contributed by atoms with Crippen LogP contribution in [0.2, 0.25) is 0 Å². The third-order valence-electron chi connectivity index (χ3n) is 4.10. The molecular formula is C22H37N5O4. The van der Waals surface area contributed by atoms with E-state index in [4.69, 9.17) is 15.2 Å². The quantitative estimate of drug-likeness (QED) is 0.312. The highest BCUT2D eigenvalue weighted by Crippen LogP contribution is 2.13. The van der Waals surface area contributed by atoms with Gasteiger partial charge in [-0.2, -0.15) is 0 Å². The lowest BCUT2D eigenvalue weighted by atomic mass is 10.1. The number of unbranched alkanes of at least 4 members (excludes halogenated alkanes) is 1. The topological polar surface area (TPSA) is 127 Å². The van der Waals surface area contributed by atoms with E-state index in [1.165, 1.54) is 0 Å². The molecule has 5 N–H and O–H groups in total. The van der Waals surface area contributed by atoms with E-state index in [2.05, 4.69) is 27.9 Å². The van der Waals surface area contributed by atoms with Gasteiger partial charge in [-0.25, -0.2) is 4.79 Å². The number of primary amides is 1. The monoisotopic (exact) mass is 435 g/mol. The van der Waals surface area contributed by atoms with Crippen molar-refractivity contribution in [2.24, 2.45) is 10.7 Å². The fourth-order valence-electron chi connectivity index (χ4n) is 2.67. The number of amides is 2. The standard InChI is InChI=1S/C22H37N5O4/c1-6-7-10-17(14-26-21(29)31-22(2,3)4)27-20(24-5)25-13-16-9-8-11-18(12-16)30-15-19(23)28/h8-9,11-12,17H,6-7,10,13-15H2,1-5H3,(H2,23,28)(H,26,29)(H2,24,25,27). The molecule has 1 unspecified atom stereocenters. The van der Waals surface area contributed by atoms with Crippen LogP contribution in [0.5, 0.6) is 5.75 Å². The summed E-state index contributed by atoms with van der Waals surface area (Å²) in [7, 11) is 1.69. The van der Waals surface area contributed by atoms with Crippen molar-refractivity contribution in [2.75, 3.05) is 20.2 Å². The molecule has 31 heavy (non-hydrogen) atoms. The van der Waals surface area contributed by atoms with Crippen LogP contribution in [0, 0.1) is 0 Å². The summed E-state index contributed by atoms with van der Waals surface area (Å²) in [4.78, 5) is 27.1. The van der Waals surface area contributed by atoms with Gasteiger partial charge in [0, 0.05) is 26.2 Å². The van der Waals surface area contributed by atoms with Crippen LogP contribution in [0.4, 0.5) is 4.79 Å². The number of rotatable bonds is 11. The number of carbonyl (C=O) groups is 2. The Morgan fingerprint density at radius 3 is 2.58 bits per heavy atom. The predicted molar refractivity (Wildman–Crippen MR) is 122 cm³/mol. The summed E-state index contributed by atoms with van der Waals surface area (Å²) in [5, 5.41) is 9.44. The molecule has 0 heterocycles. The maximum Gasteiger partial charge on any atom is 0.407 e. The smallest absolute Gasteiger partial charge is 0.407 e. The minimum absolute atomic E-state index is 0.00361. The van der Waals surface area contributed by atoms with Gasteiger partial charge in [-0.15, -0.1) is 0 Å². The molecule has 0 aromatic heterocycles. The van der Waals surface area contributed by atoms with E-state index in [9.17, 15) is 9.59 Å². The normalized spacial score (nSPS) is 12.6. The Balaban J connectivity index is 2.62. The fourth-order valence-corrected chi connectivity index (χ4v) is 2.67. The van der Waals surface area contributed by atoms with Crippen molar-refractivity contribution in [3.63, 3.8) is 0 Å². The number of aliphatic imine (C=N–C) groups is 1. The third-order valence-corrected chi connectivity index (χ3v) is 4.10. The summed E-state index contributed by atoms with van der Waals surface area (Å²) in [6, 6.07) is 7.39. The number of hydrogen-bond acceptors (Lipinski definition) is 5. The van der Waals surface area contributed by atoms with E-state index >= 15 is 0 Å². The van der Waals surface area contributed by atoms with Crippen LogP contribution in [0.15, 0.2) is 29.3 Å². The van der Waals surface area contributed by atoms with Crippen molar-refractivity contribution in [2.45, 2.75) is 65.1 Å². The highest BCUT2D eigenvalue weighted by molar-refractivity contribution is 5.80. The van der Waals surface area contributed by atoms with Crippen molar-refractivity contribution >= 4 is 18.0 Å². The molecule has 0 bridgehead atoms. The van der Waals surface area contributed by atoms with Crippen LogP contribution in [-0.4, -0.2) is 49.8 Å². The van der Waals surface area contributed by atoms with E-state index in [0.29, 0.717) is 24.8 Å². The van der Waals surface area contributed by atoms with Gasteiger partial charge in [0.25, 0.3) is 5.91 Å². The molecule has 0 spiro atoms. The van der Waals surface area contributed by atoms with E-state index in [1.807, 2.05) is 39.0 Å². The number of carbonyl (C=O) groups excluding carboxylic acids is 2. The van der Waals surface area contributed by atoms with E-state index in [0.717, 1.165) is 24.8 Å². The first-order chi connectivity index (χ1) is 14.6. The minimum Gasteiger partial charge on any atom is -0.484 e. The lowest BCUT2D eigenvalue weighted by Crippen LogP contribution is -2.48. The van der Waals surface area contributed by atoms with Gasteiger partial charge in [0.1, 0.15) is 11.4 Å². The molecule has 0 aliphatic heterocycles. The van der Waals surface area contributed by atoms with Crippen LogP contribution in [0.25, 0.3) is 0 Å². The maximum absolute atomic E-state index is 12.0. The van der Waals surface area contributed by atoms with Crippen LogP contribution in [0.1, 0.15) is 52.5 Å². The van der Waals surface area contributed by atoms with Crippen molar-refractivity contribution < 1.29 is 19.1 Å². The van der Waals surface area contributed by atoms with Gasteiger partial charge in [0.2, 0.25) is 0 Å². The number of hydrogen-bond donors (Lipinski definition) is 4. The summed E-state index contributed by atoms with van der Waals surface area (Å²) in [6.07, 6.45) is 2.51. The molecule has 0 aliphatic rings. The van der Waals surface area contributed by atoms with Crippen LogP contribution >= 0.6 is 0 Å². The van der Waals surface area contributed by atoms with Gasteiger partial charge in [0.15, 0.2) is 12.6 Å². The summed E-state index contributed by atoms with van der Waals surface area (Å²) in [6.45, 7) is 8.39. The predicted octanol–water partition coefficient (Wildman–Crippen LogP) is 2.30. The Hall–Kier alpha value is -2.97. The number of nitrogens with one attached hydrogen (secondary N) is 3. The second kappa shape index (κ2) is 13.4. The summed E-state index contributed by atoms with van der Waals surface area (Å²) < 4.78 is 10.6. The number of nitrogens with zero attached hydrogens (tertiary/aromatic N) is 1. The number of alkyl carbamates (subject to hydrolysis) is 1. The molecule has 1 aromatic carbocycles. The molecule has 9 nitrogen and oxygen atoms in total. The zero-order valence-electron chi connectivity index (χ0n) is 19.3. The Bertz CT molecular complexity index is 731. The fraction of sp³-hybridized carbons (Fsp3) is 0.591. The number of guanidine groups is 1. The first-order valence-corrected chi connectivity index (χ1v) is 10.6. The molecule has 0 radical (unpaired) electrons. The summed E-state index contributed by atoms with van der Waals surface area (Å²) >= 11 is 0. The van der Waals surface area contributed by atoms with Crippen molar-refractivity contribution in [3.8, 4) is 5.75 Å². The van der Waals surface area contributed by atoms with Gasteiger partial charge >= 0.3 is 6.09 Å². The minimum atomic E-state index is -0.538. The maximum atomic E-state index is 12.0. The molecule has 0 saturated heterocycles. The van der Waals surface area contributed by atoms with Crippen molar-refractivity contribution in [1.82, 2.24) is 16.0 Å². The van der Waals surface area contributed by atoms with Crippen molar-refractivity contribution in [1.29, 1.82) is 0 Å². The zero-order valence-corrected chi connectivity index (χ0v) is 19.3. The van der Waals surface area contributed by atoms with Crippen LogP contribution in [0.3, 0.4) is 0 Å². The Labute approximate surface area is 185 Å². The van der Waals surface area contributed by atoms with Crippen molar-refractivity contribution in [3.05, 3.63) is 29.8 Å². The van der Waals surface area contributed by atoms with E-state index in [-0.39, 0.29) is 12.6 Å². The third kappa shape index (κ3) is 12.3. The molecule has 1 rings (SSSR count). The average molecular weight is 436 g/mol. The first-order valence-electron chi connectivity index (χ1n) is 10.6. The highest BCUT2D eigenvalue weighted by Gasteiger charge is 2.18. The number of nitrogens with two attached hydrogens (primary N) is 1. The molecule has 0 saturated carbocycles. The van der Waals surface area contributed by atoms with Gasteiger partial charge in [0.05, 0.1) is 0 Å². The largest absolute Gasteiger partial charge is 0.484 e. The van der Waals surface area contributed by atoms with Crippen LogP contribution in [-0.2, 0) is 16.1 Å². The molecule has 1 atom stereocenters. The lowest BCUT2D eigenvalue weighted by Gasteiger charge is -2.24. The van der Waals surface area contributed by atoms with Gasteiger partial charge in [-0.1, -0.05) is 31.9 Å². The summed E-state index contributed by atoms with van der Waals surface area (Å²) in [5.74, 6) is 0.672. The second-order valence-corrected chi connectivity index (χ2v) is 8.19. The zero-order chi connectivity index (χ0) is 23.3. The Morgan fingerprint density at radius 1 is 1.23 bits per heavy atom. The molecule has 1 aromatic rings. The Morgan fingerprint density at radius 2 is 1.97 bits per heavy atom. The van der Waals surface area contributed by atoms with E-state index < -0.39 is 17.6 Å². The molecule has 174 valence electrons. The first kappa shape index (κ1) is 26.1. The van der Waals surface area contributed by atoms with Gasteiger partial charge in [-0.05, 0) is 44.9 Å². The van der Waals surface area contributed by atoms with Gasteiger partial charge < -0.3 is 31.2 Å². The molecule has 0 fully saturated rings. The summed E-state index contributed by atoms with van der Waals surface area (Å²) in [5.41, 5.74) is 5.54. The molecule has 2 amide bonds. The SMILES string of the molecule is CCCCC(CNC(=O)OC(C)(C)C)NC(=NC)NCc1cccc(OCC(N)=O)c1. The lowest BCUT2D eigenvalue weighted by molar-refractivity contribution is -0.119. The number of benzene rings is 1. The second-order valence-electron chi connectivity index (χ2n) is 8.19. The Kier molecular flexibility index (Phi) is 11.2. The van der Waals surface area contributed by atoms with Gasteiger partial charge in [-0.3, -0.25) is 9.79 Å². The molecular weight excluding hydrogens is 398 g/mol. The van der Waals surface area contributed by atoms with E-state index in [1.54, 1.807) is 13.1 Å². The molecule has 9 heteroatoms.